The minimum Gasteiger partial charge on any atom is -0.491 e. The van der Waals surface area contributed by atoms with Crippen molar-refractivity contribution in [2.45, 2.75) is 0 Å². The van der Waals surface area contributed by atoms with Crippen molar-refractivity contribution in [3.63, 3.8) is 0 Å². The van der Waals surface area contributed by atoms with Gasteiger partial charge >= 0.3 is 0 Å². The van der Waals surface area contributed by atoms with Crippen LogP contribution < -0.4 is 15.5 Å². The van der Waals surface area contributed by atoms with Gasteiger partial charge in [0.1, 0.15) is 12.4 Å². The molecule has 0 amide bonds. The number of ether oxygens (including phenoxy) is 2. The molecule has 1 rings (SSSR count). The van der Waals surface area contributed by atoms with Crippen LogP contribution in [0.25, 0.3) is 0 Å². The molecule has 0 aliphatic rings. The Bertz CT molecular complexity index is 249. The largest absolute Gasteiger partial charge is 0.491 e. The molecule has 0 spiro atoms. The molecule has 5 heteroatoms. The molecule has 0 aromatic heterocycles. The second-order valence-corrected chi connectivity index (χ2v) is 2.49. The van der Waals surface area contributed by atoms with Gasteiger partial charge < -0.3 is 14.4 Å². The van der Waals surface area contributed by atoms with E-state index in [4.69, 9.17) is 15.4 Å². The predicted molar refractivity (Wildman–Crippen MR) is 49.7 cm³/mol. The molecule has 1 aromatic rings. The molecule has 2 N–H and O–H groups in total. The fourth-order valence-corrected chi connectivity index (χ4v) is 0.890. The van der Waals surface area contributed by atoms with Crippen LogP contribution in [0.5, 0.6) is 11.5 Å². The van der Waals surface area contributed by atoms with Crippen LogP contribution in [-0.2, 0) is 9.73 Å². The fourth-order valence-electron chi connectivity index (χ4n) is 0.890. The Kier molecular flexibility index (Phi) is 4.77. The molecule has 1 aromatic carbocycles. The number of methoxy groups -OCH3 is 1. The maximum absolute atomic E-state index is 5.33. The SMILES string of the molecule is COCCOc1ccc(OON)cc1. The molecule has 0 radical (unpaired) electrons. The molecule has 0 fully saturated rings. The third-order valence-corrected chi connectivity index (χ3v) is 1.52. The van der Waals surface area contributed by atoms with Crippen LogP contribution in [0.15, 0.2) is 24.3 Å². The lowest BCUT2D eigenvalue weighted by atomic mass is 10.3. The van der Waals surface area contributed by atoms with Crippen molar-refractivity contribution in [3.8, 4) is 11.5 Å². The Morgan fingerprint density at radius 1 is 1.07 bits per heavy atom. The minimum atomic E-state index is 0.518. The van der Waals surface area contributed by atoms with Gasteiger partial charge in [0, 0.05) is 7.11 Å². The zero-order valence-electron chi connectivity index (χ0n) is 7.93. The van der Waals surface area contributed by atoms with E-state index in [1.54, 1.807) is 31.4 Å². The number of nitrogens with two attached hydrogens (primary N) is 1. The van der Waals surface area contributed by atoms with Crippen molar-refractivity contribution in [3.05, 3.63) is 24.3 Å². The normalized spacial score (nSPS) is 9.86. The average molecular weight is 199 g/mol. The first-order valence-corrected chi connectivity index (χ1v) is 4.12. The van der Waals surface area contributed by atoms with Gasteiger partial charge in [-0.15, -0.1) is 0 Å². The molecule has 0 unspecified atom stereocenters. The van der Waals surface area contributed by atoms with E-state index < -0.39 is 0 Å². The van der Waals surface area contributed by atoms with E-state index in [9.17, 15) is 0 Å². The molecular formula is C9H13NO4. The van der Waals surface area contributed by atoms with E-state index in [0.717, 1.165) is 5.75 Å². The smallest absolute Gasteiger partial charge is 0.167 e. The highest BCUT2D eigenvalue weighted by molar-refractivity contribution is 5.30. The van der Waals surface area contributed by atoms with Gasteiger partial charge in [-0.2, -0.15) is 5.90 Å². The third kappa shape index (κ3) is 3.61. The zero-order chi connectivity index (χ0) is 10.2. The molecule has 0 saturated carbocycles. The summed E-state index contributed by atoms with van der Waals surface area (Å²) in [6.45, 7) is 1.08. The van der Waals surface area contributed by atoms with Crippen molar-refractivity contribution >= 4 is 0 Å². The van der Waals surface area contributed by atoms with Crippen LogP contribution in [0.2, 0.25) is 0 Å². The minimum absolute atomic E-state index is 0.518. The van der Waals surface area contributed by atoms with Crippen LogP contribution in [-0.4, -0.2) is 20.3 Å². The van der Waals surface area contributed by atoms with Crippen LogP contribution in [0.4, 0.5) is 0 Å². The summed E-state index contributed by atoms with van der Waals surface area (Å²) in [4.78, 5) is 8.59. The van der Waals surface area contributed by atoms with Crippen molar-refractivity contribution in [1.29, 1.82) is 0 Å². The lowest BCUT2D eigenvalue weighted by Gasteiger charge is -2.05. The van der Waals surface area contributed by atoms with Gasteiger partial charge in [-0.1, -0.05) is 4.99 Å². The first-order valence-electron chi connectivity index (χ1n) is 4.12. The van der Waals surface area contributed by atoms with Crippen LogP contribution in [0, 0.1) is 0 Å². The summed E-state index contributed by atoms with van der Waals surface area (Å²) in [7, 11) is 1.62. The number of benzene rings is 1. The Labute approximate surface area is 82.2 Å². The van der Waals surface area contributed by atoms with Crippen molar-refractivity contribution in [2.24, 2.45) is 5.90 Å². The van der Waals surface area contributed by atoms with Crippen LogP contribution in [0.1, 0.15) is 0 Å². The molecule has 0 saturated heterocycles. The van der Waals surface area contributed by atoms with Gasteiger partial charge in [0.05, 0.1) is 6.61 Å². The summed E-state index contributed by atoms with van der Waals surface area (Å²) in [5, 5.41) is 0. The molecule has 0 aliphatic heterocycles. The summed E-state index contributed by atoms with van der Waals surface area (Å²) < 4.78 is 10.2. The molecule has 5 nitrogen and oxygen atoms in total. The van der Waals surface area contributed by atoms with Gasteiger partial charge in [-0.25, -0.2) is 0 Å². The zero-order valence-corrected chi connectivity index (χ0v) is 7.93. The Balaban J connectivity index is 2.38. The molecule has 0 aliphatic carbocycles. The summed E-state index contributed by atoms with van der Waals surface area (Å²) in [6.07, 6.45) is 0. The summed E-state index contributed by atoms with van der Waals surface area (Å²) in [5.74, 6) is 5.99. The molecule has 0 heterocycles. The first kappa shape index (κ1) is 10.8. The topological polar surface area (TPSA) is 62.9 Å². The molecule has 14 heavy (non-hydrogen) atoms. The van der Waals surface area contributed by atoms with Gasteiger partial charge in [-0.3, -0.25) is 0 Å². The van der Waals surface area contributed by atoms with Crippen molar-refractivity contribution in [1.82, 2.24) is 0 Å². The van der Waals surface area contributed by atoms with Crippen molar-refractivity contribution in [2.75, 3.05) is 20.3 Å². The summed E-state index contributed by atoms with van der Waals surface area (Å²) in [6, 6.07) is 6.89. The van der Waals surface area contributed by atoms with E-state index in [-0.39, 0.29) is 0 Å². The van der Waals surface area contributed by atoms with E-state index in [0.29, 0.717) is 19.0 Å². The van der Waals surface area contributed by atoms with Crippen LogP contribution >= 0.6 is 0 Å². The van der Waals surface area contributed by atoms with Gasteiger partial charge in [-0.05, 0) is 24.3 Å². The fraction of sp³-hybridized carbons (Fsp3) is 0.333. The molecular weight excluding hydrogens is 186 g/mol. The maximum atomic E-state index is 5.33. The first-order chi connectivity index (χ1) is 6.86. The highest BCUT2D eigenvalue weighted by Gasteiger charge is 1.96. The second-order valence-electron chi connectivity index (χ2n) is 2.49. The lowest BCUT2D eigenvalue weighted by Crippen LogP contribution is -2.05. The number of rotatable bonds is 6. The Morgan fingerprint density at radius 3 is 2.29 bits per heavy atom. The van der Waals surface area contributed by atoms with Gasteiger partial charge in [0.2, 0.25) is 0 Å². The highest BCUT2D eigenvalue weighted by atomic mass is 17.3. The van der Waals surface area contributed by atoms with E-state index in [1.807, 2.05) is 0 Å². The molecule has 0 bridgehead atoms. The lowest BCUT2D eigenvalue weighted by molar-refractivity contribution is -0.211. The standard InChI is InChI=1S/C9H13NO4/c1-11-6-7-12-8-2-4-9(5-3-8)13-14-10/h2-5H,6-7,10H2,1H3. The Morgan fingerprint density at radius 2 is 1.71 bits per heavy atom. The van der Waals surface area contributed by atoms with Crippen molar-refractivity contribution < 1.29 is 19.3 Å². The third-order valence-electron chi connectivity index (χ3n) is 1.52. The monoisotopic (exact) mass is 199 g/mol. The number of hydrogen-bond donors (Lipinski definition) is 1. The maximum Gasteiger partial charge on any atom is 0.167 e. The van der Waals surface area contributed by atoms with E-state index in [1.165, 1.54) is 0 Å². The highest BCUT2D eigenvalue weighted by Crippen LogP contribution is 2.17. The van der Waals surface area contributed by atoms with Gasteiger partial charge in [0.15, 0.2) is 5.75 Å². The average Bonchev–Trinajstić information content (AvgIpc) is 2.21. The van der Waals surface area contributed by atoms with Crippen LogP contribution in [0.3, 0.4) is 0 Å². The second kappa shape index (κ2) is 6.20. The predicted octanol–water partition coefficient (Wildman–Crippen LogP) is 0.896. The number of hydrogen-bond acceptors (Lipinski definition) is 5. The molecule has 78 valence electrons. The summed E-state index contributed by atoms with van der Waals surface area (Å²) >= 11 is 0. The quantitative estimate of drug-likeness (QED) is 0.419. The molecule has 0 atom stereocenters. The van der Waals surface area contributed by atoms with E-state index in [2.05, 4.69) is 9.88 Å². The van der Waals surface area contributed by atoms with Gasteiger partial charge in [0.25, 0.3) is 0 Å². The van der Waals surface area contributed by atoms with E-state index >= 15 is 0 Å². The Hall–Kier alpha value is -1.30. The summed E-state index contributed by atoms with van der Waals surface area (Å²) in [5.41, 5.74) is 0.